The second kappa shape index (κ2) is 13.2. The summed E-state index contributed by atoms with van der Waals surface area (Å²) in [6.45, 7) is 8.55. The number of hydrogen-bond acceptors (Lipinski definition) is 5. The quantitative estimate of drug-likeness (QED) is 0.189. The highest BCUT2D eigenvalue weighted by atomic mass is 32.2. The highest BCUT2D eigenvalue weighted by Crippen LogP contribution is 2.35. The van der Waals surface area contributed by atoms with Crippen molar-refractivity contribution in [2.75, 3.05) is 12.9 Å². The smallest absolute Gasteiger partial charge is 0.305 e. The minimum atomic E-state index is -0.173. The van der Waals surface area contributed by atoms with E-state index in [1.807, 2.05) is 48.2 Å². The van der Waals surface area contributed by atoms with Gasteiger partial charge in [-0.05, 0) is 85.7 Å². The number of carbonyl (C=O) groups excluding carboxylic acids is 1. The first-order valence-electron chi connectivity index (χ1n) is 12.2. The molecule has 0 saturated carbocycles. The zero-order valence-electron chi connectivity index (χ0n) is 21.4. The standard InChI is InChI=1S/C30H36O4S/c1-21(2)25-12-15-28(29(20-25)34-26-9-7-6-8-10-26)33-23(4)17-18-35-27-14-11-24(22(3)19-27)13-16-30(31)32-5/h6-12,14-15,19-21,23H,13,16-18H2,1-5H3/t23-/m1/s1. The van der Waals surface area contributed by atoms with Crippen LogP contribution in [-0.2, 0) is 16.0 Å². The molecular formula is C30H36O4S. The lowest BCUT2D eigenvalue weighted by Gasteiger charge is -2.19. The normalized spacial score (nSPS) is 11.8. The minimum Gasteiger partial charge on any atom is -0.487 e. The summed E-state index contributed by atoms with van der Waals surface area (Å²) in [5.41, 5.74) is 3.61. The zero-order chi connectivity index (χ0) is 25.2. The molecule has 186 valence electrons. The highest BCUT2D eigenvalue weighted by Gasteiger charge is 2.14. The van der Waals surface area contributed by atoms with Crippen molar-refractivity contribution < 1.29 is 19.0 Å². The summed E-state index contributed by atoms with van der Waals surface area (Å²) in [5.74, 6) is 3.49. The van der Waals surface area contributed by atoms with Crippen LogP contribution in [0.3, 0.4) is 0 Å². The first kappa shape index (κ1) is 26.7. The Morgan fingerprint density at radius 2 is 1.71 bits per heavy atom. The number of para-hydroxylation sites is 1. The minimum absolute atomic E-state index is 0.0472. The lowest BCUT2D eigenvalue weighted by Crippen LogP contribution is -2.13. The maximum atomic E-state index is 11.4. The molecule has 0 spiro atoms. The van der Waals surface area contributed by atoms with Crippen molar-refractivity contribution in [2.45, 2.75) is 63.9 Å². The van der Waals surface area contributed by atoms with E-state index in [0.29, 0.717) is 18.8 Å². The fraction of sp³-hybridized carbons (Fsp3) is 0.367. The Balaban J connectivity index is 1.57. The fourth-order valence-corrected chi connectivity index (χ4v) is 4.78. The second-order valence-electron chi connectivity index (χ2n) is 9.01. The van der Waals surface area contributed by atoms with Gasteiger partial charge in [0.05, 0.1) is 13.2 Å². The van der Waals surface area contributed by atoms with Crippen molar-refractivity contribution in [2.24, 2.45) is 0 Å². The van der Waals surface area contributed by atoms with Crippen LogP contribution in [0.15, 0.2) is 71.6 Å². The van der Waals surface area contributed by atoms with Gasteiger partial charge >= 0.3 is 5.97 Å². The molecule has 0 heterocycles. The fourth-order valence-electron chi connectivity index (χ4n) is 3.67. The van der Waals surface area contributed by atoms with Crippen LogP contribution in [0.4, 0.5) is 0 Å². The summed E-state index contributed by atoms with van der Waals surface area (Å²) >= 11 is 1.82. The molecule has 0 unspecified atom stereocenters. The zero-order valence-corrected chi connectivity index (χ0v) is 22.2. The van der Waals surface area contributed by atoms with Crippen molar-refractivity contribution in [3.05, 3.63) is 83.4 Å². The van der Waals surface area contributed by atoms with Crippen molar-refractivity contribution in [1.29, 1.82) is 0 Å². The van der Waals surface area contributed by atoms with Gasteiger partial charge in [-0.3, -0.25) is 4.79 Å². The third-order valence-electron chi connectivity index (χ3n) is 5.87. The summed E-state index contributed by atoms with van der Waals surface area (Å²) in [7, 11) is 1.43. The molecule has 4 nitrogen and oxygen atoms in total. The van der Waals surface area contributed by atoms with Crippen LogP contribution in [0.5, 0.6) is 17.2 Å². The van der Waals surface area contributed by atoms with E-state index in [9.17, 15) is 4.79 Å². The summed E-state index contributed by atoms with van der Waals surface area (Å²) in [6.07, 6.45) is 2.07. The molecule has 3 rings (SSSR count). The first-order chi connectivity index (χ1) is 16.9. The van der Waals surface area contributed by atoms with Gasteiger partial charge in [0, 0.05) is 17.1 Å². The number of methoxy groups -OCH3 is 1. The molecule has 0 amide bonds. The average Bonchev–Trinajstić information content (AvgIpc) is 2.85. The highest BCUT2D eigenvalue weighted by molar-refractivity contribution is 7.99. The Kier molecular flexibility index (Phi) is 10.1. The number of carbonyl (C=O) groups is 1. The Hall–Kier alpha value is -2.92. The third-order valence-corrected chi connectivity index (χ3v) is 6.89. The number of rotatable bonds is 12. The van der Waals surface area contributed by atoms with Gasteiger partial charge in [0.25, 0.3) is 0 Å². The van der Waals surface area contributed by atoms with Crippen LogP contribution in [0.25, 0.3) is 0 Å². The molecule has 0 aliphatic carbocycles. The average molecular weight is 493 g/mol. The molecule has 35 heavy (non-hydrogen) atoms. The molecule has 0 radical (unpaired) electrons. The Morgan fingerprint density at radius 1 is 0.943 bits per heavy atom. The largest absolute Gasteiger partial charge is 0.487 e. The number of benzene rings is 3. The van der Waals surface area contributed by atoms with Crippen LogP contribution in [0, 0.1) is 6.92 Å². The van der Waals surface area contributed by atoms with Gasteiger partial charge in [0.1, 0.15) is 5.75 Å². The van der Waals surface area contributed by atoms with Crippen molar-refractivity contribution >= 4 is 17.7 Å². The monoisotopic (exact) mass is 492 g/mol. The summed E-state index contributed by atoms with van der Waals surface area (Å²) in [4.78, 5) is 12.6. The van der Waals surface area contributed by atoms with E-state index in [4.69, 9.17) is 14.2 Å². The van der Waals surface area contributed by atoms with Crippen LogP contribution < -0.4 is 9.47 Å². The molecule has 1 atom stereocenters. The van der Waals surface area contributed by atoms with Crippen LogP contribution >= 0.6 is 11.8 Å². The van der Waals surface area contributed by atoms with E-state index in [-0.39, 0.29) is 12.1 Å². The number of esters is 1. The van der Waals surface area contributed by atoms with Gasteiger partial charge in [0.2, 0.25) is 0 Å². The van der Waals surface area contributed by atoms with Gasteiger partial charge in [-0.1, -0.05) is 44.2 Å². The molecule has 5 heteroatoms. The van der Waals surface area contributed by atoms with Gasteiger partial charge in [0.15, 0.2) is 11.5 Å². The number of hydrogen-bond donors (Lipinski definition) is 0. The molecule has 3 aromatic rings. The molecule has 0 aromatic heterocycles. The topological polar surface area (TPSA) is 44.8 Å². The molecule has 3 aromatic carbocycles. The van der Waals surface area contributed by atoms with E-state index in [0.717, 1.165) is 29.4 Å². The van der Waals surface area contributed by atoms with Gasteiger partial charge < -0.3 is 14.2 Å². The number of ether oxygens (including phenoxy) is 3. The predicted octanol–water partition coefficient (Wildman–Crippen LogP) is 7.97. The molecule has 0 bridgehead atoms. The third kappa shape index (κ3) is 8.36. The first-order valence-corrected chi connectivity index (χ1v) is 13.2. The maximum Gasteiger partial charge on any atom is 0.305 e. The lowest BCUT2D eigenvalue weighted by atomic mass is 10.0. The molecule has 0 N–H and O–H groups in total. The lowest BCUT2D eigenvalue weighted by molar-refractivity contribution is -0.140. The van der Waals surface area contributed by atoms with E-state index in [1.54, 1.807) is 0 Å². The molecule has 0 aliphatic heterocycles. The molecular weight excluding hydrogens is 456 g/mol. The Labute approximate surface area is 214 Å². The maximum absolute atomic E-state index is 11.4. The summed E-state index contributed by atoms with van der Waals surface area (Å²) < 4.78 is 17.2. The van der Waals surface area contributed by atoms with E-state index >= 15 is 0 Å². The van der Waals surface area contributed by atoms with Gasteiger partial charge in [-0.15, -0.1) is 11.8 Å². The second-order valence-corrected chi connectivity index (χ2v) is 10.2. The SMILES string of the molecule is COC(=O)CCc1ccc(SCC[C@@H](C)Oc2ccc(C(C)C)cc2Oc2ccccc2)cc1C. The molecule has 0 fully saturated rings. The van der Waals surface area contributed by atoms with Crippen molar-refractivity contribution in [3.63, 3.8) is 0 Å². The van der Waals surface area contributed by atoms with Crippen molar-refractivity contribution in [3.8, 4) is 17.2 Å². The van der Waals surface area contributed by atoms with Crippen LogP contribution in [-0.4, -0.2) is 24.9 Å². The van der Waals surface area contributed by atoms with E-state index < -0.39 is 0 Å². The van der Waals surface area contributed by atoms with E-state index in [2.05, 4.69) is 58.0 Å². The number of aryl methyl sites for hydroxylation is 2. The summed E-state index contributed by atoms with van der Waals surface area (Å²) in [6, 6.07) is 22.5. The van der Waals surface area contributed by atoms with Gasteiger partial charge in [-0.25, -0.2) is 0 Å². The Morgan fingerprint density at radius 3 is 2.40 bits per heavy atom. The Bertz CT molecular complexity index is 1090. The van der Waals surface area contributed by atoms with Crippen LogP contribution in [0.2, 0.25) is 0 Å². The molecule has 0 saturated heterocycles. The summed E-state index contributed by atoms with van der Waals surface area (Å²) in [5, 5.41) is 0. The molecule has 0 aliphatic rings. The number of thioether (sulfide) groups is 1. The van der Waals surface area contributed by atoms with Crippen molar-refractivity contribution in [1.82, 2.24) is 0 Å². The van der Waals surface area contributed by atoms with E-state index in [1.165, 1.54) is 28.7 Å². The predicted molar refractivity (Wildman–Crippen MR) is 144 cm³/mol. The van der Waals surface area contributed by atoms with Gasteiger partial charge in [-0.2, -0.15) is 0 Å². The van der Waals surface area contributed by atoms with Crippen LogP contribution in [0.1, 0.15) is 56.2 Å².